The number of methoxy groups -OCH3 is 2. The van der Waals surface area contributed by atoms with Gasteiger partial charge in [0.25, 0.3) is 5.91 Å². The number of nitrogens with zero attached hydrogens (tertiary/aromatic N) is 4. The maximum atomic E-state index is 14.3. The van der Waals surface area contributed by atoms with Crippen LogP contribution in [0.4, 0.5) is 4.79 Å². The first-order valence-corrected chi connectivity index (χ1v) is 27.8. The second-order valence-corrected chi connectivity index (χ2v) is 21.8. The molecule has 3 aromatic rings. The quantitative estimate of drug-likeness (QED) is 0.0514. The van der Waals surface area contributed by atoms with Gasteiger partial charge in [-0.15, -0.1) is 0 Å². The van der Waals surface area contributed by atoms with Gasteiger partial charge < -0.3 is 84.7 Å². The standard InChI is InChI=1S/C57H70N8O20/c1-28-20-40(69)65(52(28)75)15-14-37(66)58-25-38(67)59-26-39(68)60-27-41(70)62(3)16-17-63(4)56(77)83-31-12-10-30(11-13-31)24-61-55(76)57(78)22-33-44(50(74)46-45(48(33)72)47(71)32-8-7-9-35(79-5)43(32)49(46)73)36(23-57)84-42-21-34-51(29(2)82-42)85-53-54(80-6)81-19-18-64(34)53/h7-13,28-29,34,36,42,49,51,53-54,72-74,78H,14-27H2,1-6H3,(H,58,66)(H,59,67)(H,60,68)(H,61,76)/t28?,29-,34-,36-,42-,49?,51+,53+,54-,57-/m0/s1. The van der Waals surface area contributed by atoms with Gasteiger partial charge in [-0.3, -0.25) is 48.2 Å². The molecule has 0 bridgehead atoms. The number of aliphatic hydroxyl groups excluding tert-OH is 1. The number of aliphatic hydroxyl groups is 2. The molecule has 10 atom stereocenters. The first-order chi connectivity index (χ1) is 40.5. The van der Waals surface area contributed by atoms with Crippen molar-refractivity contribution in [3.8, 4) is 23.0 Å². The number of aromatic hydroxyl groups is 2. The van der Waals surface area contributed by atoms with Crippen molar-refractivity contribution in [2.45, 2.75) is 107 Å². The Hall–Kier alpha value is -7.83. The highest BCUT2D eigenvalue weighted by Gasteiger charge is 2.55. The molecule has 28 nitrogen and oxygen atoms in total. The second-order valence-electron chi connectivity index (χ2n) is 21.8. The fourth-order valence-electron chi connectivity index (χ4n) is 11.6. The average Bonchev–Trinajstić information content (AvgIpc) is 1.34. The zero-order chi connectivity index (χ0) is 61.2. The highest BCUT2D eigenvalue weighted by Crippen LogP contribution is 2.55. The van der Waals surface area contributed by atoms with Crippen LogP contribution in [0.1, 0.15) is 95.5 Å². The molecule has 8 N–H and O–H groups in total. The van der Waals surface area contributed by atoms with Crippen molar-refractivity contribution in [2.24, 2.45) is 5.92 Å². The number of amides is 8. The Kier molecular flexibility index (Phi) is 18.7. The van der Waals surface area contributed by atoms with Gasteiger partial charge in [-0.2, -0.15) is 0 Å². The Morgan fingerprint density at radius 1 is 0.835 bits per heavy atom. The molecule has 4 saturated heterocycles. The van der Waals surface area contributed by atoms with Crippen LogP contribution >= 0.6 is 0 Å². The van der Waals surface area contributed by atoms with Crippen LogP contribution in [0.15, 0.2) is 42.5 Å². The molecule has 4 aliphatic heterocycles. The summed E-state index contributed by atoms with van der Waals surface area (Å²) in [4.78, 5) is 121. The summed E-state index contributed by atoms with van der Waals surface area (Å²) in [6.45, 7) is 2.79. The van der Waals surface area contributed by atoms with Crippen molar-refractivity contribution in [1.82, 2.24) is 40.9 Å². The van der Waals surface area contributed by atoms with Gasteiger partial charge in [-0.25, -0.2) is 4.79 Å². The molecule has 4 fully saturated rings. The number of phenolic OH excluding ortho intramolecular Hbond substituents is 2. The van der Waals surface area contributed by atoms with Crippen LogP contribution in [-0.2, 0) is 70.2 Å². The molecule has 8 amide bonds. The minimum atomic E-state index is -2.33. The molecule has 28 heteroatoms. The summed E-state index contributed by atoms with van der Waals surface area (Å²) < 4.78 is 41.7. The summed E-state index contributed by atoms with van der Waals surface area (Å²) in [5.41, 5.74) is -2.61. The molecule has 6 aliphatic rings. The van der Waals surface area contributed by atoms with E-state index in [2.05, 4.69) is 26.2 Å². The summed E-state index contributed by atoms with van der Waals surface area (Å²) in [6.07, 6.45) is -7.83. The number of hydrogen-bond donors (Lipinski definition) is 8. The maximum Gasteiger partial charge on any atom is 0.415 e. The summed E-state index contributed by atoms with van der Waals surface area (Å²) in [7, 11) is 5.80. The highest BCUT2D eigenvalue weighted by atomic mass is 16.7. The van der Waals surface area contributed by atoms with E-state index >= 15 is 0 Å². The summed E-state index contributed by atoms with van der Waals surface area (Å²) in [5.74, 6) is -6.17. The van der Waals surface area contributed by atoms with Crippen molar-refractivity contribution in [3.63, 3.8) is 0 Å². The number of carbonyl (C=O) groups excluding carboxylic acids is 9. The number of likely N-dealkylation sites (N-methyl/N-ethyl adjacent to an activating group) is 2. The van der Waals surface area contributed by atoms with Crippen molar-refractivity contribution >= 4 is 53.2 Å². The van der Waals surface area contributed by atoms with Crippen LogP contribution < -0.4 is 30.7 Å². The summed E-state index contributed by atoms with van der Waals surface area (Å²) in [5, 5.41) is 58.4. The van der Waals surface area contributed by atoms with Gasteiger partial charge in [0.2, 0.25) is 35.4 Å². The van der Waals surface area contributed by atoms with Gasteiger partial charge in [0.05, 0.1) is 51.1 Å². The van der Waals surface area contributed by atoms with E-state index in [9.17, 15) is 63.6 Å². The third-order valence-electron chi connectivity index (χ3n) is 16.2. The summed E-state index contributed by atoms with van der Waals surface area (Å²) >= 11 is 0. The lowest BCUT2D eigenvalue weighted by molar-refractivity contribution is -0.256. The van der Waals surface area contributed by atoms with Gasteiger partial charge in [0.15, 0.2) is 24.6 Å². The number of carbonyl (C=O) groups is 9. The third-order valence-corrected chi connectivity index (χ3v) is 16.2. The number of likely N-dealkylation sites (tertiary alicyclic amines) is 1. The van der Waals surface area contributed by atoms with E-state index in [1.165, 1.54) is 56.3 Å². The van der Waals surface area contributed by atoms with Gasteiger partial charge in [0, 0.05) is 126 Å². The van der Waals surface area contributed by atoms with E-state index in [1.54, 1.807) is 31.2 Å². The number of fused-ring (bicyclic) bond motifs is 6. The van der Waals surface area contributed by atoms with Gasteiger partial charge >= 0.3 is 6.09 Å². The molecule has 2 unspecified atom stereocenters. The van der Waals surface area contributed by atoms with Crippen LogP contribution in [-0.4, -0.2) is 217 Å². The van der Waals surface area contributed by atoms with Crippen molar-refractivity contribution < 1.29 is 96.7 Å². The number of nitrogens with one attached hydrogen (secondary N) is 4. The lowest BCUT2D eigenvalue weighted by Gasteiger charge is -2.43. The number of rotatable bonds is 20. The topological polar surface area (TPSA) is 360 Å². The lowest BCUT2D eigenvalue weighted by atomic mass is 9.72. The number of hydrogen-bond acceptors (Lipinski definition) is 21. The van der Waals surface area contributed by atoms with E-state index in [0.29, 0.717) is 18.7 Å². The van der Waals surface area contributed by atoms with Crippen LogP contribution in [0.2, 0.25) is 0 Å². The molecule has 458 valence electrons. The number of ketones is 1. The Bertz CT molecular complexity index is 3130. The first kappa shape index (κ1) is 61.7. The summed E-state index contributed by atoms with van der Waals surface area (Å²) in [6, 6.07) is 10.4. The van der Waals surface area contributed by atoms with Crippen LogP contribution in [0.25, 0.3) is 0 Å². The number of phenols is 2. The third kappa shape index (κ3) is 12.9. The molecule has 0 radical (unpaired) electrons. The molecule has 9 rings (SSSR count). The number of benzene rings is 3. The maximum absolute atomic E-state index is 14.3. The predicted molar refractivity (Wildman–Crippen MR) is 291 cm³/mol. The highest BCUT2D eigenvalue weighted by molar-refractivity contribution is 6.15. The molecule has 0 spiro atoms. The Morgan fingerprint density at radius 2 is 1.53 bits per heavy atom. The minimum absolute atomic E-state index is 0.0155. The van der Waals surface area contributed by atoms with E-state index in [0.717, 1.165) is 4.90 Å². The monoisotopic (exact) mass is 1190 g/mol. The minimum Gasteiger partial charge on any atom is -0.507 e. The van der Waals surface area contributed by atoms with E-state index in [4.69, 9.17) is 33.2 Å². The molecule has 4 heterocycles. The fourth-order valence-corrected chi connectivity index (χ4v) is 11.6. The Labute approximate surface area is 487 Å². The smallest absolute Gasteiger partial charge is 0.415 e. The van der Waals surface area contributed by atoms with Crippen molar-refractivity contribution in [3.05, 3.63) is 81.4 Å². The molecular weight excluding hydrogens is 1120 g/mol. The van der Waals surface area contributed by atoms with E-state index in [-0.39, 0.29) is 103 Å². The number of imide groups is 1. The van der Waals surface area contributed by atoms with Crippen LogP contribution in [0.5, 0.6) is 23.0 Å². The molecular formula is C57H70N8O20. The molecule has 2 aliphatic carbocycles. The molecule has 0 aromatic heterocycles. The largest absolute Gasteiger partial charge is 0.507 e. The van der Waals surface area contributed by atoms with Crippen molar-refractivity contribution in [2.75, 3.05) is 80.7 Å². The predicted octanol–water partition coefficient (Wildman–Crippen LogP) is -0.660. The van der Waals surface area contributed by atoms with Crippen molar-refractivity contribution in [1.29, 1.82) is 0 Å². The first-order valence-electron chi connectivity index (χ1n) is 27.8. The average molecular weight is 1190 g/mol. The van der Waals surface area contributed by atoms with E-state index < -0.39 is 146 Å². The Morgan fingerprint density at radius 3 is 2.21 bits per heavy atom. The SMILES string of the molecule is COc1cccc2c1C(O)c1c(O)c3c(c(O)c1C2=O)C[C@@](O)(C(=O)NCc1ccc(OC(=O)N(C)CCN(C)C(=O)CNC(=O)CNC(=O)CNC(=O)CCN2C(=O)CC(C)C2=O)cc1)C[C@@H]3O[C@H]1C[C@H]2[C@H](O[C@@H]3[C@@H](OC)OCCN32)[C@H](C)O1. The molecule has 85 heavy (non-hydrogen) atoms. The number of morpholine rings is 1. The Balaban J connectivity index is 0.774. The van der Waals surface area contributed by atoms with Crippen LogP contribution in [0, 0.1) is 5.92 Å². The van der Waals surface area contributed by atoms with Gasteiger partial charge in [-0.05, 0) is 30.7 Å². The zero-order valence-electron chi connectivity index (χ0n) is 47.7. The molecule has 0 saturated carbocycles. The van der Waals surface area contributed by atoms with Gasteiger partial charge in [-0.1, -0.05) is 31.2 Å². The van der Waals surface area contributed by atoms with E-state index in [1.807, 2.05) is 6.92 Å². The number of ether oxygens (including phenoxy) is 7. The zero-order valence-corrected chi connectivity index (χ0v) is 47.7. The van der Waals surface area contributed by atoms with Gasteiger partial charge in [0.1, 0.15) is 40.8 Å². The second kappa shape index (κ2) is 25.8. The molecule has 3 aromatic carbocycles. The fraction of sp³-hybridized carbons (Fsp3) is 0.526. The normalized spacial score (nSPS) is 25.8. The van der Waals surface area contributed by atoms with Crippen LogP contribution in [0.3, 0.4) is 0 Å². The lowest BCUT2D eigenvalue weighted by Crippen LogP contribution is -2.55.